The summed E-state index contributed by atoms with van der Waals surface area (Å²) in [5.74, 6) is -1.26. The van der Waals surface area contributed by atoms with Crippen LogP contribution in [-0.4, -0.2) is 16.2 Å². The molecular formula is C8H6Br2O3. The van der Waals surface area contributed by atoms with Crippen LogP contribution in [0.4, 0.5) is 0 Å². The van der Waals surface area contributed by atoms with Crippen molar-refractivity contribution in [2.75, 3.05) is 0 Å². The summed E-state index contributed by atoms with van der Waals surface area (Å²) < 4.78 is 1.39. The summed E-state index contributed by atoms with van der Waals surface area (Å²) in [5, 5.41) is 17.8. The predicted molar refractivity (Wildman–Crippen MR) is 54.4 cm³/mol. The Morgan fingerprint density at radius 2 is 2.00 bits per heavy atom. The number of halogens is 2. The quantitative estimate of drug-likeness (QED) is 0.881. The van der Waals surface area contributed by atoms with E-state index >= 15 is 0 Å². The molecule has 5 heteroatoms. The van der Waals surface area contributed by atoms with Gasteiger partial charge in [0.25, 0.3) is 0 Å². The second-order valence-electron chi connectivity index (χ2n) is 2.41. The number of rotatable bonds is 2. The molecule has 0 aromatic heterocycles. The molecule has 0 unspecified atom stereocenters. The van der Waals surface area contributed by atoms with Gasteiger partial charge in [0.05, 0.1) is 0 Å². The highest BCUT2D eigenvalue weighted by atomic mass is 79.9. The van der Waals surface area contributed by atoms with Crippen molar-refractivity contribution in [3.63, 3.8) is 0 Å². The molecule has 3 nitrogen and oxygen atoms in total. The minimum absolute atomic E-state index is 0.343. The fraction of sp³-hybridized carbons (Fsp3) is 0.125. The van der Waals surface area contributed by atoms with E-state index in [-0.39, 0.29) is 0 Å². The van der Waals surface area contributed by atoms with Gasteiger partial charge in [0.15, 0.2) is 6.10 Å². The van der Waals surface area contributed by atoms with Gasteiger partial charge in [0, 0.05) is 14.5 Å². The van der Waals surface area contributed by atoms with E-state index in [0.29, 0.717) is 10.0 Å². The first-order chi connectivity index (χ1) is 6.02. The topological polar surface area (TPSA) is 57.5 Å². The third kappa shape index (κ3) is 2.52. The number of carboxylic acids is 1. The van der Waals surface area contributed by atoms with Gasteiger partial charge in [-0.25, -0.2) is 4.79 Å². The standard InChI is InChI=1S/C8H6Br2O3/c9-4-1-2-5(6(10)3-4)7(11)8(12)13/h1-3,7,11H,(H,12,13)/t7-/m0/s1. The van der Waals surface area contributed by atoms with Crippen molar-refractivity contribution in [3.05, 3.63) is 32.7 Å². The molecule has 0 saturated carbocycles. The predicted octanol–water partition coefficient (Wildman–Crippen LogP) is 2.33. The molecule has 0 amide bonds. The lowest BCUT2D eigenvalue weighted by Crippen LogP contribution is -2.10. The van der Waals surface area contributed by atoms with E-state index in [1.54, 1.807) is 18.2 Å². The van der Waals surface area contributed by atoms with Crippen LogP contribution in [-0.2, 0) is 4.79 Å². The van der Waals surface area contributed by atoms with Crippen molar-refractivity contribution in [1.29, 1.82) is 0 Å². The van der Waals surface area contributed by atoms with E-state index in [4.69, 9.17) is 5.11 Å². The molecule has 1 atom stereocenters. The van der Waals surface area contributed by atoms with Crippen LogP contribution in [0, 0.1) is 0 Å². The van der Waals surface area contributed by atoms with Crippen LogP contribution in [0.2, 0.25) is 0 Å². The summed E-state index contributed by atoms with van der Waals surface area (Å²) in [7, 11) is 0. The number of hydrogen-bond acceptors (Lipinski definition) is 2. The van der Waals surface area contributed by atoms with Crippen LogP contribution < -0.4 is 0 Å². The zero-order valence-electron chi connectivity index (χ0n) is 6.37. The summed E-state index contributed by atoms with van der Waals surface area (Å²) in [4.78, 5) is 10.5. The molecule has 0 aliphatic heterocycles. The Morgan fingerprint density at radius 3 is 2.46 bits per heavy atom. The zero-order chi connectivity index (χ0) is 10.0. The normalized spacial score (nSPS) is 12.5. The van der Waals surface area contributed by atoms with Crippen LogP contribution in [0.3, 0.4) is 0 Å². The average molecular weight is 310 g/mol. The second kappa shape index (κ2) is 4.21. The molecule has 1 aromatic rings. The highest BCUT2D eigenvalue weighted by Gasteiger charge is 2.18. The summed E-state index contributed by atoms with van der Waals surface area (Å²) in [6.45, 7) is 0. The van der Waals surface area contributed by atoms with Crippen molar-refractivity contribution < 1.29 is 15.0 Å². The Kier molecular flexibility index (Phi) is 3.47. The van der Waals surface area contributed by atoms with Gasteiger partial charge in [-0.15, -0.1) is 0 Å². The molecular weight excluding hydrogens is 304 g/mol. The smallest absolute Gasteiger partial charge is 0.337 e. The van der Waals surface area contributed by atoms with Gasteiger partial charge >= 0.3 is 5.97 Å². The van der Waals surface area contributed by atoms with E-state index in [2.05, 4.69) is 31.9 Å². The number of carboxylic acid groups (broad SMARTS) is 1. The van der Waals surface area contributed by atoms with Crippen molar-refractivity contribution in [1.82, 2.24) is 0 Å². The van der Waals surface area contributed by atoms with Gasteiger partial charge in [-0.1, -0.05) is 37.9 Å². The SMILES string of the molecule is O=C(O)[C@@H](O)c1ccc(Br)cc1Br. The lowest BCUT2D eigenvalue weighted by Gasteiger charge is -2.07. The fourth-order valence-electron chi connectivity index (χ4n) is 0.856. The number of aliphatic hydroxyl groups is 1. The Labute approximate surface area is 91.6 Å². The molecule has 0 radical (unpaired) electrons. The van der Waals surface area contributed by atoms with E-state index in [1.165, 1.54) is 0 Å². The number of carbonyl (C=O) groups is 1. The summed E-state index contributed by atoms with van der Waals surface area (Å²) >= 11 is 6.39. The maximum Gasteiger partial charge on any atom is 0.337 e. The van der Waals surface area contributed by atoms with E-state index in [9.17, 15) is 9.90 Å². The third-order valence-electron chi connectivity index (χ3n) is 1.49. The molecule has 0 bridgehead atoms. The summed E-state index contributed by atoms with van der Waals surface area (Å²) in [6.07, 6.45) is -1.48. The first-order valence-corrected chi connectivity index (χ1v) is 4.97. The largest absolute Gasteiger partial charge is 0.479 e. The summed E-state index contributed by atoms with van der Waals surface area (Å²) in [5.41, 5.74) is 0.343. The van der Waals surface area contributed by atoms with Gasteiger partial charge in [0.1, 0.15) is 0 Å². The first kappa shape index (κ1) is 10.7. The number of hydrogen-bond donors (Lipinski definition) is 2. The molecule has 0 spiro atoms. The van der Waals surface area contributed by atoms with E-state index < -0.39 is 12.1 Å². The molecule has 1 aromatic carbocycles. The van der Waals surface area contributed by atoms with Crippen LogP contribution in [0.15, 0.2) is 27.1 Å². The molecule has 0 fully saturated rings. The molecule has 13 heavy (non-hydrogen) atoms. The second-order valence-corrected chi connectivity index (χ2v) is 4.18. The number of aliphatic carboxylic acids is 1. The molecule has 0 aliphatic rings. The van der Waals surface area contributed by atoms with Crippen molar-refractivity contribution in [2.45, 2.75) is 6.10 Å². The highest BCUT2D eigenvalue weighted by Crippen LogP contribution is 2.26. The fourth-order valence-corrected chi connectivity index (χ4v) is 2.12. The van der Waals surface area contributed by atoms with Gasteiger partial charge in [-0.05, 0) is 12.1 Å². The molecule has 70 valence electrons. The maximum absolute atomic E-state index is 10.5. The monoisotopic (exact) mass is 308 g/mol. The minimum atomic E-state index is -1.48. The van der Waals surface area contributed by atoms with Gasteiger partial charge in [0.2, 0.25) is 0 Å². The van der Waals surface area contributed by atoms with Gasteiger partial charge in [-0.2, -0.15) is 0 Å². The first-order valence-electron chi connectivity index (χ1n) is 3.38. The molecule has 1 rings (SSSR count). The maximum atomic E-state index is 10.5. The molecule has 0 heterocycles. The third-order valence-corrected chi connectivity index (χ3v) is 2.67. The lowest BCUT2D eigenvalue weighted by atomic mass is 10.1. The van der Waals surface area contributed by atoms with E-state index in [1.807, 2.05) is 0 Å². The zero-order valence-corrected chi connectivity index (χ0v) is 9.54. The Hall–Kier alpha value is -0.390. The molecule has 0 saturated heterocycles. The highest BCUT2D eigenvalue weighted by molar-refractivity contribution is 9.11. The Morgan fingerprint density at radius 1 is 1.38 bits per heavy atom. The van der Waals surface area contributed by atoms with Crippen LogP contribution >= 0.6 is 31.9 Å². The average Bonchev–Trinajstić information content (AvgIpc) is 2.03. The summed E-state index contributed by atoms with van der Waals surface area (Å²) in [6, 6.07) is 4.90. The Balaban J connectivity index is 3.08. The number of aliphatic hydroxyl groups excluding tert-OH is 1. The lowest BCUT2D eigenvalue weighted by molar-refractivity contribution is -0.147. The molecule has 2 N–H and O–H groups in total. The minimum Gasteiger partial charge on any atom is -0.479 e. The van der Waals surface area contributed by atoms with Crippen molar-refractivity contribution >= 4 is 37.8 Å². The van der Waals surface area contributed by atoms with Crippen LogP contribution in [0.1, 0.15) is 11.7 Å². The van der Waals surface area contributed by atoms with E-state index in [0.717, 1.165) is 4.47 Å². The van der Waals surface area contributed by atoms with Crippen LogP contribution in [0.5, 0.6) is 0 Å². The van der Waals surface area contributed by atoms with Gasteiger partial charge in [-0.3, -0.25) is 0 Å². The van der Waals surface area contributed by atoms with Crippen LogP contribution in [0.25, 0.3) is 0 Å². The molecule has 0 aliphatic carbocycles. The Bertz CT molecular complexity index is 338. The van der Waals surface area contributed by atoms with Crippen molar-refractivity contribution in [3.8, 4) is 0 Å². The van der Waals surface area contributed by atoms with Crippen molar-refractivity contribution in [2.24, 2.45) is 0 Å². The number of benzene rings is 1. The van der Waals surface area contributed by atoms with Gasteiger partial charge < -0.3 is 10.2 Å².